The highest BCUT2D eigenvalue weighted by Gasteiger charge is 2.54. The highest BCUT2D eigenvalue weighted by Crippen LogP contribution is 2.47. The predicted octanol–water partition coefficient (Wildman–Crippen LogP) is 2.05. The van der Waals surface area contributed by atoms with Crippen molar-refractivity contribution in [2.75, 3.05) is 11.9 Å². The van der Waals surface area contributed by atoms with Crippen molar-refractivity contribution in [3.63, 3.8) is 0 Å². The first kappa shape index (κ1) is 15.5. The zero-order valence-electron chi connectivity index (χ0n) is 14.7. The normalized spacial score (nSPS) is 33.7. The number of hydrogen-bond donors (Lipinski definition) is 2. The molecule has 1 aliphatic heterocycles. The number of nitrogens with one attached hydrogen (secondary N) is 1. The number of ether oxygens (including phenoxy) is 2. The monoisotopic (exact) mass is 343 g/mol. The van der Waals surface area contributed by atoms with Gasteiger partial charge >= 0.3 is 0 Å². The van der Waals surface area contributed by atoms with E-state index in [-0.39, 0.29) is 18.2 Å². The largest absolute Gasteiger partial charge is 0.367 e. The molecule has 0 bridgehead atoms. The van der Waals surface area contributed by atoms with Gasteiger partial charge in [-0.1, -0.05) is 0 Å². The fourth-order valence-electron chi connectivity index (χ4n) is 4.33. The lowest BCUT2D eigenvalue weighted by atomic mass is 10.1. The lowest BCUT2D eigenvalue weighted by molar-refractivity contribution is -0.159. The number of fused-ring (bicyclic) bond motifs is 2. The fourth-order valence-corrected chi connectivity index (χ4v) is 4.33. The molecule has 3 N–H and O–H groups in total. The molecule has 2 saturated carbocycles. The molecule has 0 radical (unpaired) electrons. The average Bonchev–Trinajstić information content (AvgIpc) is 3.05. The van der Waals surface area contributed by atoms with Crippen molar-refractivity contribution in [2.45, 2.75) is 63.2 Å². The van der Waals surface area contributed by atoms with Gasteiger partial charge in [0.1, 0.15) is 23.9 Å². The van der Waals surface area contributed by atoms with Gasteiger partial charge in [0.05, 0.1) is 17.5 Å². The molecule has 5 rings (SSSR count). The second kappa shape index (κ2) is 5.40. The first-order chi connectivity index (χ1) is 12.1. The molecular formula is C18H25N5O2. The standard InChI is InChI=1S/C18H25N5O2/c1-18(2)24-14-10(8-19)7-13(15(14)25-18)23-6-5-12-16(22-11-3-4-11)20-9-21-17(12)23/h5-6,9-11,13-15H,3-4,7-8,19H2,1-2H3,(H,20,21,22)/t10-,13?,14-,15?/m1/s1. The minimum absolute atomic E-state index is 0.00829. The average molecular weight is 343 g/mol. The Kier molecular flexibility index (Phi) is 3.36. The second-order valence-corrected chi connectivity index (χ2v) is 7.96. The number of nitrogens with two attached hydrogens (primary N) is 1. The van der Waals surface area contributed by atoms with Gasteiger partial charge in [-0.2, -0.15) is 0 Å². The van der Waals surface area contributed by atoms with Gasteiger partial charge in [-0.3, -0.25) is 0 Å². The Balaban J connectivity index is 1.52. The molecule has 25 heavy (non-hydrogen) atoms. The van der Waals surface area contributed by atoms with Crippen molar-refractivity contribution in [2.24, 2.45) is 11.7 Å². The Morgan fingerprint density at radius 2 is 2.08 bits per heavy atom. The molecule has 2 aromatic heterocycles. The summed E-state index contributed by atoms with van der Waals surface area (Å²) in [5.41, 5.74) is 6.96. The molecule has 2 aromatic rings. The molecule has 1 saturated heterocycles. The van der Waals surface area contributed by atoms with Crippen LogP contribution in [0.2, 0.25) is 0 Å². The smallest absolute Gasteiger partial charge is 0.163 e. The van der Waals surface area contributed by atoms with Gasteiger partial charge < -0.3 is 25.1 Å². The van der Waals surface area contributed by atoms with Gasteiger partial charge in [0.2, 0.25) is 0 Å². The van der Waals surface area contributed by atoms with Crippen LogP contribution in [-0.2, 0) is 9.47 Å². The van der Waals surface area contributed by atoms with Crippen molar-refractivity contribution < 1.29 is 9.47 Å². The van der Waals surface area contributed by atoms with Crippen molar-refractivity contribution >= 4 is 16.9 Å². The van der Waals surface area contributed by atoms with Crippen molar-refractivity contribution in [1.29, 1.82) is 0 Å². The number of aromatic nitrogens is 3. The van der Waals surface area contributed by atoms with Crippen LogP contribution in [-0.4, -0.2) is 45.1 Å². The van der Waals surface area contributed by atoms with E-state index in [2.05, 4.69) is 32.1 Å². The third-order valence-electron chi connectivity index (χ3n) is 5.64. The Labute approximate surface area is 146 Å². The molecule has 2 unspecified atom stereocenters. The number of anilines is 1. The fraction of sp³-hybridized carbons (Fsp3) is 0.667. The van der Waals surface area contributed by atoms with E-state index in [1.807, 2.05) is 13.8 Å². The summed E-state index contributed by atoms with van der Waals surface area (Å²) in [6.45, 7) is 4.56. The van der Waals surface area contributed by atoms with Crippen LogP contribution in [0.15, 0.2) is 18.6 Å². The number of nitrogens with zero attached hydrogens (tertiary/aromatic N) is 3. The SMILES string of the molecule is CC1(C)OC2C(n3ccc4c(NC5CC5)ncnc43)C[C@H](CN)[C@H]2O1. The number of rotatable bonds is 4. The molecule has 0 amide bonds. The quantitative estimate of drug-likeness (QED) is 0.883. The zero-order chi connectivity index (χ0) is 17.2. The van der Waals surface area contributed by atoms with Crippen LogP contribution in [0.25, 0.3) is 11.0 Å². The van der Waals surface area contributed by atoms with E-state index >= 15 is 0 Å². The van der Waals surface area contributed by atoms with Gasteiger partial charge in [-0.15, -0.1) is 0 Å². The van der Waals surface area contributed by atoms with Crippen molar-refractivity contribution in [3.8, 4) is 0 Å². The van der Waals surface area contributed by atoms with Crippen LogP contribution in [0.5, 0.6) is 0 Å². The molecule has 3 heterocycles. The first-order valence-corrected chi connectivity index (χ1v) is 9.19. The summed E-state index contributed by atoms with van der Waals surface area (Å²) in [6, 6.07) is 2.85. The van der Waals surface area contributed by atoms with Crippen LogP contribution in [0, 0.1) is 5.92 Å². The predicted molar refractivity (Wildman–Crippen MR) is 94.2 cm³/mol. The van der Waals surface area contributed by atoms with Crippen LogP contribution >= 0.6 is 0 Å². The van der Waals surface area contributed by atoms with Gasteiger partial charge in [0, 0.05) is 18.2 Å². The molecule has 2 aliphatic carbocycles. The van der Waals surface area contributed by atoms with E-state index in [4.69, 9.17) is 15.2 Å². The molecule has 0 spiro atoms. The maximum Gasteiger partial charge on any atom is 0.163 e. The molecule has 7 nitrogen and oxygen atoms in total. The Bertz CT molecular complexity index is 800. The lowest BCUT2D eigenvalue weighted by Gasteiger charge is -2.24. The molecule has 4 atom stereocenters. The minimum atomic E-state index is -0.557. The van der Waals surface area contributed by atoms with Gasteiger partial charge in [0.25, 0.3) is 0 Å². The summed E-state index contributed by atoms with van der Waals surface area (Å²) in [5, 5.41) is 4.57. The summed E-state index contributed by atoms with van der Waals surface area (Å²) < 4.78 is 14.6. The molecule has 7 heteroatoms. The van der Waals surface area contributed by atoms with Crippen molar-refractivity contribution in [3.05, 3.63) is 18.6 Å². The van der Waals surface area contributed by atoms with E-state index in [1.165, 1.54) is 12.8 Å². The zero-order valence-corrected chi connectivity index (χ0v) is 14.7. The molecule has 3 aliphatic rings. The Morgan fingerprint density at radius 3 is 2.84 bits per heavy atom. The minimum Gasteiger partial charge on any atom is -0.367 e. The maximum atomic E-state index is 6.24. The van der Waals surface area contributed by atoms with Gasteiger partial charge in [-0.05, 0) is 45.7 Å². The van der Waals surface area contributed by atoms with Gasteiger partial charge in [0.15, 0.2) is 5.79 Å². The van der Waals surface area contributed by atoms with Crippen LogP contribution in [0.4, 0.5) is 5.82 Å². The van der Waals surface area contributed by atoms with E-state index in [0.29, 0.717) is 18.5 Å². The molecule has 0 aromatic carbocycles. The second-order valence-electron chi connectivity index (χ2n) is 7.96. The summed E-state index contributed by atoms with van der Waals surface area (Å²) in [4.78, 5) is 9.00. The summed E-state index contributed by atoms with van der Waals surface area (Å²) >= 11 is 0. The van der Waals surface area contributed by atoms with E-state index in [9.17, 15) is 0 Å². The number of hydrogen-bond acceptors (Lipinski definition) is 6. The summed E-state index contributed by atoms with van der Waals surface area (Å²) in [7, 11) is 0. The van der Waals surface area contributed by atoms with Crippen molar-refractivity contribution in [1.82, 2.24) is 14.5 Å². The molecular weight excluding hydrogens is 318 g/mol. The Hall–Kier alpha value is -1.70. The Morgan fingerprint density at radius 1 is 1.28 bits per heavy atom. The molecule has 3 fully saturated rings. The lowest BCUT2D eigenvalue weighted by Crippen LogP contribution is -2.29. The van der Waals surface area contributed by atoms with Crippen LogP contribution in [0.1, 0.15) is 39.2 Å². The van der Waals surface area contributed by atoms with Crippen LogP contribution < -0.4 is 11.1 Å². The van der Waals surface area contributed by atoms with E-state index in [0.717, 1.165) is 23.3 Å². The first-order valence-electron chi connectivity index (χ1n) is 9.19. The maximum absolute atomic E-state index is 6.24. The van der Waals surface area contributed by atoms with Gasteiger partial charge in [-0.25, -0.2) is 9.97 Å². The topological polar surface area (TPSA) is 87.2 Å². The summed E-state index contributed by atoms with van der Waals surface area (Å²) in [6.07, 6.45) is 7.19. The third-order valence-corrected chi connectivity index (χ3v) is 5.64. The summed E-state index contributed by atoms with van der Waals surface area (Å²) in [5.74, 6) is 0.679. The molecule has 134 valence electrons. The highest BCUT2D eigenvalue weighted by molar-refractivity contribution is 5.87. The van der Waals surface area contributed by atoms with E-state index in [1.54, 1.807) is 6.33 Å². The third kappa shape index (κ3) is 2.53. The van der Waals surface area contributed by atoms with Crippen LogP contribution in [0.3, 0.4) is 0 Å². The van der Waals surface area contributed by atoms with E-state index < -0.39 is 5.79 Å². The highest BCUT2D eigenvalue weighted by atomic mass is 16.8.